The van der Waals surface area contributed by atoms with Crippen LogP contribution in [-0.4, -0.2) is 45.9 Å². The summed E-state index contributed by atoms with van der Waals surface area (Å²) in [5, 5.41) is 1.04. The first-order chi connectivity index (χ1) is 13.1. The first-order valence-corrected chi connectivity index (χ1v) is 9.94. The normalized spacial score (nSPS) is 21.3. The fraction of sp³-hybridized carbons (Fsp3) is 0.286. The van der Waals surface area contributed by atoms with Gasteiger partial charge in [-0.15, -0.1) is 0 Å². The Balaban J connectivity index is 1.44. The van der Waals surface area contributed by atoms with Gasteiger partial charge >= 0.3 is 0 Å². The molecule has 2 fully saturated rings. The number of rotatable bonds is 2. The van der Waals surface area contributed by atoms with Crippen molar-refractivity contribution in [3.05, 3.63) is 53.3 Å². The van der Waals surface area contributed by atoms with Crippen molar-refractivity contribution in [2.24, 2.45) is 0 Å². The minimum Gasteiger partial charge on any atom is -0.365 e. The summed E-state index contributed by atoms with van der Waals surface area (Å²) >= 11 is 3.54. The van der Waals surface area contributed by atoms with Crippen LogP contribution < -0.4 is 4.90 Å². The first-order valence-electron chi connectivity index (χ1n) is 9.15. The Kier molecular flexibility index (Phi) is 3.90. The Labute approximate surface area is 166 Å². The van der Waals surface area contributed by atoms with Gasteiger partial charge in [0.05, 0.1) is 17.3 Å². The molecule has 3 heterocycles. The van der Waals surface area contributed by atoms with Crippen LogP contribution in [0.4, 0.5) is 5.69 Å². The van der Waals surface area contributed by atoms with E-state index in [4.69, 9.17) is 0 Å². The smallest absolute Gasteiger partial charge is 0.219 e. The van der Waals surface area contributed by atoms with Gasteiger partial charge in [-0.1, -0.05) is 28.1 Å². The number of nitrogens with zero attached hydrogens (tertiary/aromatic N) is 4. The average Bonchev–Trinajstić information content (AvgIpc) is 3.29. The van der Waals surface area contributed by atoms with E-state index in [-0.39, 0.29) is 5.91 Å². The van der Waals surface area contributed by atoms with Gasteiger partial charge in [0.25, 0.3) is 0 Å². The molecule has 2 bridgehead atoms. The number of carbonyl (C=O) groups excluding carboxylic acids is 1. The predicted molar refractivity (Wildman–Crippen MR) is 110 cm³/mol. The molecule has 0 spiro atoms. The molecule has 1 amide bonds. The van der Waals surface area contributed by atoms with E-state index in [2.05, 4.69) is 61.1 Å². The van der Waals surface area contributed by atoms with Gasteiger partial charge in [0.2, 0.25) is 5.91 Å². The molecule has 0 radical (unpaired) electrons. The summed E-state index contributed by atoms with van der Waals surface area (Å²) in [5.74, 6) is 0.194. The van der Waals surface area contributed by atoms with Crippen LogP contribution >= 0.6 is 15.9 Å². The second kappa shape index (κ2) is 6.30. The van der Waals surface area contributed by atoms with E-state index >= 15 is 0 Å². The summed E-state index contributed by atoms with van der Waals surface area (Å²) in [4.78, 5) is 25.0. The van der Waals surface area contributed by atoms with E-state index < -0.39 is 0 Å². The second-order valence-electron chi connectivity index (χ2n) is 7.30. The van der Waals surface area contributed by atoms with E-state index in [0.29, 0.717) is 12.1 Å². The molecule has 5 nitrogen and oxygen atoms in total. The van der Waals surface area contributed by atoms with Crippen LogP contribution in [-0.2, 0) is 4.79 Å². The van der Waals surface area contributed by atoms with Crippen molar-refractivity contribution < 1.29 is 4.79 Å². The van der Waals surface area contributed by atoms with E-state index in [0.717, 1.165) is 46.1 Å². The van der Waals surface area contributed by atoms with Gasteiger partial charge in [0.15, 0.2) is 0 Å². The summed E-state index contributed by atoms with van der Waals surface area (Å²) in [6, 6.07) is 15.4. The molecule has 0 N–H and O–H groups in total. The fourth-order valence-corrected chi connectivity index (χ4v) is 4.80. The van der Waals surface area contributed by atoms with Crippen LogP contribution in [0.15, 0.2) is 53.3 Å². The fourth-order valence-electron chi connectivity index (χ4n) is 4.44. The summed E-state index contributed by atoms with van der Waals surface area (Å²) in [5.41, 5.74) is 4.18. The van der Waals surface area contributed by atoms with Crippen molar-refractivity contribution in [2.75, 3.05) is 18.0 Å². The summed E-state index contributed by atoms with van der Waals surface area (Å²) in [6.07, 6.45) is 2.70. The van der Waals surface area contributed by atoms with Gasteiger partial charge in [-0.05, 0) is 36.8 Å². The van der Waals surface area contributed by atoms with Crippen molar-refractivity contribution in [1.82, 2.24) is 14.9 Å². The quantitative estimate of drug-likeness (QED) is 0.628. The van der Waals surface area contributed by atoms with Crippen LogP contribution in [0.1, 0.15) is 13.3 Å². The zero-order valence-corrected chi connectivity index (χ0v) is 16.6. The molecule has 27 heavy (non-hydrogen) atoms. The number of hydrogen-bond donors (Lipinski definition) is 0. The molecule has 6 heteroatoms. The van der Waals surface area contributed by atoms with Gasteiger partial charge in [0, 0.05) is 47.2 Å². The van der Waals surface area contributed by atoms with Crippen LogP contribution in [0, 0.1) is 0 Å². The summed E-state index contributed by atoms with van der Waals surface area (Å²) in [7, 11) is 0. The van der Waals surface area contributed by atoms with Crippen LogP contribution in [0.5, 0.6) is 0 Å². The number of hydrogen-bond acceptors (Lipinski definition) is 4. The Morgan fingerprint density at radius 1 is 1.07 bits per heavy atom. The number of piperazine rings is 1. The second-order valence-corrected chi connectivity index (χ2v) is 8.21. The molecule has 0 unspecified atom stereocenters. The third kappa shape index (κ3) is 2.79. The Morgan fingerprint density at radius 3 is 2.59 bits per heavy atom. The first kappa shape index (κ1) is 16.7. The van der Waals surface area contributed by atoms with Crippen molar-refractivity contribution in [3.8, 4) is 11.3 Å². The number of fused-ring (bicyclic) bond motifs is 3. The Hall–Kier alpha value is -2.47. The number of anilines is 1. The molecule has 2 saturated heterocycles. The average molecular weight is 423 g/mol. The van der Waals surface area contributed by atoms with Gasteiger partial charge < -0.3 is 9.80 Å². The highest BCUT2D eigenvalue weighted by Crippen LogP contribution is 2.36. The molecule has 2 aromatic carbocycles. The number of halogens is 1. The van der Waals surface area contributed by atoms with Gasteiger partial charge in [-0.2, -0.15) is 0 Å². The van der Waals surface area contributed by atoms with E-state index in [9.17, 15) is 4.79 Å². The molecule has 2 atom stereocenters. The number of amides is 1. The van der Waals surface area contributed by atoms with Crippen molar-refractivity contribution in [1.29, 1.82) is 0 Å². The van der Waals surface area contributed by atoms with Crippen LogP contribution in [0.25, 0.3) is 22.2 Å². The maximum absolute atomic E-state index is 11.7. The number of likely N-dealkylation sites (tertiary alicyclic amines) is 1. The molecule has 0 saturated carbocycles. The number of aromatic nitrogens is 2. The highest BCUT2D eigenvalue weighted by atomic mass is 79.9. The molecule has 1 aromatic heterocycles. The number of carbonyl (C=O) groups is 1. The highest BCUT2D eigenvalue weighted by Gasteiger charge is 2.44. The van der Waals surface area contributed by atoms with E-state index in [1.54, 1.807) is 13.3 Å². The van der Waals surface area contributed by atoms with E-state index in [1.807, 2.05) is 17.0 Å². The molecular weight excluding hydrogens is 404 g/mol. The zero-order valence-electron chi connectivity index (χ0n) is 15.0. The van der Waals surface area contributed by atoms with Crippen molar-refractivity contribution in [3.63, 3.8) is 0 Å². The van der Waals surface area contributed by atoms with Crippen molar-refractivity contribution >= 4 is 38.4 Å². The highest BCUT2D eigenvalue weighted by molar-refractivity contribution is 9.10. The third-order valence-corrected chi connectivity index (χ3v) is 6.21. The Morgan fingerprint density at radius 2 is 1.89 bits per heavy atom. The standard InChI is InChI=1S/C21H19BrN4O/c1-13(27)25-10-18-9-17(25)11-26(18)16-5-2-14(3-6-16)21-19-8-15(22)4-7-20(19)23-12-24-21/h2-8,12,17-18H,9-11H2,1H3/t17-,18-/m0/s1. The minimum absolute atomic E-state index is 0.194. The van der Waals surface area contributed by atoms with E-state index in [1.165, 1.54) is 5.69 Å². The maximum Gasteiger partial charge on any atom is 0.219 e. The lowest BCUT2D eigenvalue weighted by atomic mass is 10.1. The lowest BCUT2D eigenvalue weighted by Crippen LogP contribution is -2.48. The molecule has 136 valence electrons. The minimum atomic E-state index is 0.194. The van der Waals surface area contributed by atoms with Crippen LogP contribution in [0.2, 0.25) is 0 Å². The molecule has 2 aliphatic rings. The summed E-state index contributed by atoms with van der Waals surface area (Å²) in [6.45, 7) is 3.43. The lowest BCUT2D eigenvalue weighted by Gasteiger charge is -2.35. The van der Waals surface area contributed by atoms with Crippen molar-refractivity contribution in [2.45, 2.75) is 25.4 Å². The maximum atomic E-state index is 11.7. The predicted octanol–water partition coefficient (Wildman–Crippen LogP) is 3.87. The Bertz CT molecular complexity index is 1040. The van der Waals surface area contributed by atoms with Gasteiger partial charge in [-0.3, -0.25) is 4.79 Å². The number of benzene rings is 2. The van der Waals surface area contributed by atoms with Gasteiger partial charge in [-0.25, -0.2) is 9.97 Å². The largest absolute Gasteiger partial charge is 0.365 e. The van der Waals surface area contributed by atoms with Gasteiger partial charge in [0.1, 0.15) is 6.33 Å². The molecule has 0 aliphatic carbocycles. The SMILES string of the molecule is CC(=O)N1C[C@@H]2C[C@H]1CN2c1ccc(-c2ncnc3ccc(Br)cc23)cc1. The molecule has 5 rings (SSSR count). The molecule has 3 aromatic rings. The third-order valence-electron chi connectivity index (χ3n) is 5.71. The van der Waals surface area contributed by atoms with Crippen LogP contribution in [0.3, 0.4) is 0 Å². The summed E-state index contributed by atoms with van der Waals surface area (Å²) < 4.78 is 1.02. The topological polar surface area (TPSA) is 49.3 Å². The molecular formula is C21H19BrN4O. The monoisotopic (exact) mass is 422 g/mol. The molecule has 2 aliphatic heterocycles. The lowest BCUT2D eigenvalue weighted by molar-refractivity contribution is -0.129. The zero-order chi connectivity index (χ0) is 18.5.